The number of nitrogens with zero attached hydrogens (tertiary/aromatic N) is 5. The van der Waals surface area contributed by atoms with E-state index in [1.54, 1.807) is 30.3 Å². The standard InChI is InChI=1S/C25H28ClN7O3S/c1-15(2)33-12-9-18(10-13-33)36-25-22-16(3)30-31-24(22)28-23(29-25)17-7-8-20(19(26)14-17)32-37(34,35)21-6-4-5-11-27-21/h4-8,11,14-15,18,32H,9-10,12-13H2,1-3H3,(H,28,29,30,31). The number of aromatic nitrogens is 5. The van der Waals surface area contributed by atoms with Crippen molar-refractivity contribution in [1.29, 1.82) is 0 Å². The largest absolute Gasteiger partial charge is 0.474 e. The summed E-state index contributed by atoms with van der Waals surface area (Å²) in [6.45, 7) is 8.24. The van der Waals surface area contributed by atoms with Crippen molar-refractivity contribution in [2.24, 2.45) is 0 Å². The Hall–Kier alpha value is -3.28. The number of halogens is 1. The Kier molecular flexibility index (Phi) is 7.02. The van der Waals surface area contributed by atoms with E-state index in [1.165, 1.54) is 12.3 Å². The fraction of sp³-hybridized carbons (Fsp3) is 0.360. The first-order valence-electron chi connectivity index (χ1n) is 12.1. The lowest BCUT2D eigenvalue weighted by Crippen LogP contribution is -2.41. The Balaban J connectivity index is 1.42. The van der Waals surface area contributed by atoms with Crippen LogP contribution in [0.2, 0.25) is 5.02 Å². The zero-order chi connectivity index (χ0) is 26.2. The number of fused-ring (bicyclic) bond motifs is 1. The van der Waals surface area contributed by atoms with Gasteiger partial charge in [-0.3, -0.25) is 9.82 Å². The average Bonchev–Trinajstić information content (AvgIpc) is 3.27. The minimum Gasteiger partial charge on any atom is -0.474 e. The van der Waals surface area contributed by atoms with Crippen LogP contribution in [0.1, 0.15) is 32.4 Å². The number of aromatic amines is 1. The first-order valence-corrected chi connectivity index (χ1v) is 13.9. The summed E-state index contributed by atoms with van der Waals surface area (Å²) in [6.07, 6.45) is 3.28. The van der Waals surface area contributed by atoms with E-state index in [-0.39, 0.29) is 21.8 Å². The number of anilines is 1. The number of nitrogens with one attached hydrogen (secondary N) is 2. The third-order valence-electron chi connectivity index (χ3n) is 6.44. The molecule has 0 atom stereocenters. The molecule has 3 aromatic heterocycles. The number of pyridine rings is 1. The van der Waals surface area contributed by atoms with Crippen LogP contribution >= 0.6 is 11.6 Å². The summed E-state index contributed by atoms with van der Waals surface area (Å²) in [6, 6.07) is 10.1. The molecule has 0 bridgehead atoms. The van der Waals surface area contributed by atoms with Crippen molar-refractivity contribution >= 4 is 38.3 Å². The van der Waals surface area contributed by atoms with Gasteiger partial charge in [0.1, 0.15) is 11.5 Å². The third-order valence-corrected chi connectivity index (χ3v) is 8.03. The van der Waals surface area contributed by atoms with E-state index in [0.717, 1.165) is 37.0 Å². The van der Waals surface area contributed by atoms with Crippen molar-refractivity contribution in [2.45, 2.75) is 50.8 Å². The minimum absolute atomic E-state index is 0.0437. The van der Waals surface area contributed by atoms with Crippen molar-refractivity contribution in [3.8, 4) is 17.3 Å². The van der Waals surface area contributed by atoms with Crippen molar-refractivity contribution in [3.05, 3.63) is 53.3 Å². The Morgan fingerprint density at radius 1 is 1.16 bits per heavy atom. The molecule has 0 spiro atoms. The summed E-state index contributed by atoms with van der Waals surface area (Å²) in [7, 11) is -3.89. The first kappa shape index (κ1) is 25.4. The van der Waals surface area contributed by atoms with Crippen molar-refractivity contribution in [2.75, 3.05) is 17.8 Å². The highest BCUT2D eigenvalue weighted by molar-refractivity contribution is 7.92. The molecule has 12 heteroatoms. The molecule has 5 rings (SSSR count). The summed E-state index contributed by atoms with van der Waals surface area (Å²) >= 11 is 6.47. The number of benzene rings is 1. The predicted octanol–water partition coefficient (Wildman–Crippen LogP) is 4.43. The van der Waals surface area contributed by atoms with Gasteiger partial charge < -0.3 is 9.64 Å². The average molecular weight is 542 g/mol. The monoisotopic (exact) mass is 541 g/mol. The quantitative estimate of drug-likeness (QED) is 0.352. The number of hydrogen-bond donors (Lipinski definition) is 2. The molecule has 2 N–H and O–H groups in total. The van der Waals surface area contributed by atoms with Crippen LogP contribution < -0.4 is 9.46 Å². The van der Waals surface area contributed by atoms with E-state index in [1.807, 2.05) is 6.92 Å². The van der Waals surface area contributed by atoms with Gasteiger partial charge in [-0.15, -0.1) is 0 Å². The van der Waals surface area contributed by atoms with Gasteiger partial charge in [0.05, 0.1) is 16.4 Å². The smallest absolute Gasteiger partial charge is 0.279 e. The van der Waals surface area contributed by atoms with Crippen molar-refractivity contribution < 1.29 is 13.2 Å². The summed E-state index contributed by atoms with van der Waals surface area (Å²) in [4.78, 5) is 15.7. The molecule has 0 unspecified atom stereocenters. The Bertz CT molecular complexity index is 1520. The molecular formula is C25H28ClN7O3S. The van der Waals surface area contributed by atoms with Gasteiger partial charge in [-0.1, -0.05) is 17.7 Å². The van der Waals surface area contributed by atoms with E-state index >= 15 is 0 Å². The molecule has 10 nitrogen and oxygen atoms in total. The van der Waals surface area contributed by atoms with E-state index in [0.29, 0.717) is 29.0 Å². The number of piperidine rings is 1. The zero-order valence-electron chi connectivity index (χ0n) is 20.8. The lowest BCUT2D eigenvalue weighted by atomic mass is 10.1. The Morgan fingerprint density at radius 2 is 1.95 bits per heavy atom. The second-order valence-corrected chi connectivity index (χ2v) is 11.3. The maximum absolute atomic E-state index is 12.7. The summed E-state index contributed by atoms with van der Waals surface area (Å²) in [5.41, 5.74) is 2.16. The second kappa shape index (κ2) is 10.2. The molecule has 1 aliphatic rings. The molecule has 0 amide bonds. The third kappa shape index (κ3) is 5.39. The SMILES string of the molecule is Cc1n[nH]c2nc(-c3ccc(NS(=O)(=O)c4ccccn4)c(Cl)c3)nc(OC3CCN(C(C)C)CC3)c12. The van der Waals surface area contributed by atoms with Crippen LogP contribution in [0.15, 0.2) is 47.6 Å². The normalized spacial score (nSPS) is 15.4. The lowest BCUT2D eigenvalue weighted by molar-refractivity contribution is 0.0824. The van der Waals surface area contributed by atoms with E-state index in [9.17, 15) is 8.42 Å². The van der Waals surface area contributed by atoms with Crippen LogP contribution in [0.3, 0.4) is 0 Å². The fourth-order valence-electron chi connectivity index (χ4n) is 4.36. The van der Waals surface area contributed by atoms with Crippen molar-refractivity contribution in [3.63, 3.8) is 0 Å². The zero-order valence-corrected chi connectivity index (χ0v) is 22.3. The lowest BCUT2D eigenvalue weighted by Gasteiger charge is -2.34. The van der Waals surface area contributed by atoms with E-state index in [2.05, 4.69) is 43.6 Å². The number of likely N-dealkylation sites (tertiary alicyclic amines) is 1. The molecule has 4 aromatic rings. The van der Waals surface area contributed by atoms with Crippen LogP contribution in [0.4, 0.5) is 5.69 Å². The summed E-state index contributed by atoms with van der Waals surface area (Å²) in [5, 5.41) is 8.10. The van der Waals surface area contributed by atoms with Gasteiger partial charge in [0.25, 0.3) is 10.0 Å². The highest BCUT2D eigenvalue weighted by Crippen LogP contribution is 2.33. The minimum atomic E-state index is -3.89. The molecule has 0 aliphatic carbocycles. The molecule has 1 saturated heterocycles. The maximum Gasteiger partial charge on any atom is 0.279 e. The Morgan fingerprint density at radius 3 is 2.62 bits per heavy atom. The summed E-state index contributed by atoms with van der Waals surface area (Å²) < 4.78 is 34.2. The van der Waals surface area contributed by atoms with Crippen LogP contribution in [-0.4, -0.2) is 63.7 Å². The van der Waals surface area contributed by atoms with Crippen LogP contribution in [0.5, 0.6) is 5.88 Å². The van der Waals surface area contributed by atoms with Crippen LogP contribution in [0, 0.1) is 6.92 Å². The second-order valence-electron chi connectivity index (χ2n) is 9.30. The van der Waals surface area contributed by atoms with E-state index < -0.39 is 10.0 Å². The number of rotatable bonds is 7. The number of aryl methyl sites for hydroxylation is 1. The van der Waals surface area contributed by atoms with Gasteiger partial charge in [0.2, 0.25) is 5.88 Å². The molecule has 0 saturated carbocycles. The van der Waals surface area contributed by atoms with Gasteiger partial charge in [0.15, 0.2) is 16.5 Å². The molecule has 0 radical (unpaired) electrons. The van der Waals surface area contributed by atoms with Gasteiger partial charge in [-0.25, -0.2) is 9.97 Å². The van der Waals surface area contributed by atoms with Crippen molar-refractivity contribution in [1.82, 2.24) is 30.0 Å². The molecular weight excluding hydrogens is 514 g/mol. The Labute approximate surface area is 220 Å². The van der Waals surface area contributed by atoms with E-state index in [4.69, 9.17) is 21.3 Å². The maximum atomic E-state index is 12.7. The first-order chi connectivity index (χ1) is 17.7. The van der Waals surface area contributed by atoms with Crippen LogP contribution in [-0.2, 0) is 10.0 Å². The number of H-pyrrole nitrogens is 1. The van der Waals surface area contributed by atoms with Crippen LogP contribution in [0.25, 0.3) is 22.4 Å². The number of ether oxygens (including phenoxy) is 1. The number of sulfonamides is 1. The molecule has 37 heavy (non-hydrogen) atoms. The predicted molar refractivity (Wildman–Crippen MR) is 142 cm³/mol. The fourth-order valence-corrected chi connectivity index (χ4v) is 5.68. The van der Waals surface area contributed by atoms with Gasteiger partial charge in [0, 0.05) is 30.9 Å². The van der Waals surface area contributed by atoms with Gasteiger partial charge in [-0.2, -0.15) is 18.5 Å². The molecule has 194 valence electrons. The molecule has 1 aliphatic heterocycles. The number of hydrogen-bond acceptors (Lipinski definition) is 8. The molecule has 1 aromatic carbocycles. The highest BCUT2D eigenvalue weighted by Gasteiger charge is 2.25. The molecule has 1 fully saturated rings. The van der Waals surface area contributed by atoms with Gasteiger partial charge in [-0.05, 0) is 63.9 Å². The van der Waals surface area contributed by atoms with Gasteiger partial charge >= 0.3 is 0 Å². The summed E-state index contributed by atoms with van der Waals surface area (Å²) in [5.74, 6) is 0.872. The highest BCUT2D eigenvalue weighted by atomic mass is 35.5. The topological polar surface area (TPSA) is 126 Å². The molecule has 4 heterocycles.